The molecule has 15 heavy (non-hydrogen) atoms. The quantitative estimate of drug-likeness (QED) is 0.643. The van der Waals surface area contributed by atoms with E-state index in [-0.39, 0.29) is 6.10 Å². The van der Waals surface area contributed by atoms with Crippen LogP contribution in [-0.4, -0.2) is 28.8 Å². The summed E-state index contributed by atoms with van der Waals surface area (Å²) in [5.74, 6) is -0.888. The fraction of sp³-hybridized carbons (Fsp3) is 0.500. The highest BCUT2D eigenvalue weighted by Gasteiger charge is 2.05. The molecule has 4 nitrogen and oxygen atoms in total. The Kier molecular flexibility index (Phi) is 4.74. The maximum absolute atomic E-state index is 10.6. The van der Waals surface area contributed by atoms with E-state index in [0.29, 0.717) is 18.5 Å². The molecule has 84 valence electrons. The number of thiophene rings is 1. The zero-order chi connectivity index (χ0) is 11.3. The molecule has 1 atom stereocenters. The molecule has 1 rings (SSSR count). The second-order valence-corrected chi connectivity index (χ2v) is 4.42. The molecule has 3 N–H and O–H groups in total. The summed E-state index contributed by atoms with van der Waals surface area (Å²) < 4.78 is 0. The minimum Gasteiger partial charge on any atom is -0.478 e. The SMILES string of the molecule is CC(O)CCNCc1cc(C(=O)O)cs1. The largest absolute Gasteiger partial charge is 0.478 e. The Morgan fingerprint density at radius 3 is 2.93 bits per heavy atom. The Morgan fingerprint density at radius 2 is 2.40 bits per heavy atom. The molecule has 0 saturated carbocycles. The van der Waals surface area contributed by atoms with Gasteiger partial charge in [0.25, 0.3) is 0 Å². The van der Waals surface area contributed by atoms with Crippen molar-refractivity contribution in [1.29, 1.82) is 0 Å². The molecule has 0 bridgehead atoms. The van der Waals surface area contributed by atoms with Gasteiger partial charge in [-0.25, -0.2) is 4.79 Å². The number of carbonyl (C=O) groups is 1. The lowest BCUT2D eigenvalue weighted by atomic mass is 10.3. The van der Waals surface area contributed by atoms with Gasteiger partial charge in [0, 0.05) is 16.8 Å². The molecular formula is C10H15NO3S. The van der Waals surface area contributed by atoms with Crippen LogP contribution in [0.25, 0.3) is 0 Å². The fourth-order valence-electron chi connectivity index (χ4n) is 1.11. The van der Waals surface area contributed by atoms with Crippen LogP contribution < -0.4 is 5.32 Å². The number of hydrogen-bond donors (Lipinski definition) is 3. The van der Waals surface area contributed by atoms with E-state index in [2.05, 4.69) is 5.32 Å². The van der Waals surface area contributed by atoms with Crippen LogP contribution in [0, 0.1) is 0 Å². The van der Waals surface area contributed by atoms with Crippen molar-refractivity contribution in [3.63, 3.8) is 0 Å². The van der Waals surface area contributed by atoms with Crippen molar-refractivity contribution in [2.45, 2.75) is 26.0 Å². The van der Waals surface area contributed by atoms with Gasteiger partial charge in [-0.3, -0.25) is 0 Å². The molecule has 1 heterocycles. The van der Waals surface area contributed by atoms with Gasteiger partial charge in [0.15, 0.2) is 0 Å². The van der Waals surface area contributed by atoms with Crippen molar-refractivity contribution in [1.82, 2.24) is 5.32 Å². The van der Waals surface area contributed by atoms with Gasteiger partial charge in [-0.05, 0) is 26.0 Å². The Balaban J connectivity index is 2.29. The van der Waals surface area contributed by atoms with Crippen LogP contribution in [-0.2, 0) is 6.54 Å². The summed E-state index contributed by atoms with van der Waals surface area (Å²) in [5, 5.41) is 22.5. The minimum atomic E-state index is -0.888. The van der Waals surface area contributed by atoms with Gasteiger partial charge in [-0.1, -0.05) is 0 Å². The molecule has 5 heteroatoms. The first kappa shape index (κ1) is 12.2. The predicted octanol–water partition coefficient (Wildman–Crippen LogP) is 1.31. The zero-order valence-corrected chi connectivity index (χ0v) is 9.38. The van der Waals surface area contributed by atoms with Crippen LogP contribution >= 0.6 is 11.3 Å². The van der Waals surface area contributed by atoms with Gasteiger partial charge in [0.2, 0.25) is 0 Å². The normalized spacial score (nSPS) is 12.7. The fourth-order valence-corrected chi connectivity index (χ4v) is 1.94. The molecule has 0 aromatic carbocycles. The molecule has 0 aliphatic heterocycles. The third kappa shape index (κ3) is 4.42. The van der Waals surface area contributed by atoms with E-state index in [1.165, 1.54) is 11.3 Å². The van der Waals surface area contributed by atoms with Gasteiger partial charge in [0.05, 0.1) is 11.7 Å². The van der Waals surface area contributed by atoms with Crippen LogP contribution in [0.2, 0.25) is 0 Å². The summed E-state index contributed by atoms with van der Waals surface area (Å²) in [5.41, 5.74) is 0.340. The standard InChI is InChI=1S/C10H15NO3S/c1-7(12)2-3-11-5-9-4-8(6-15-9)10(13)14/h4,6-7,11-12H,2-3,5H2,1H3,(H,13,14). The summed E-state index contributed by atoms with van der Waals surface area (Å²) in [6, 6.07) is 1.67. The van der Waals surface area contributed by atoms with Crippen LogP contribution in [0.3, 0.4) is 0 Å². The summed E-state index contributed by atoms with van der Waals surface area (Å²) in [4.78, 5) is 11.6. The molecule has 1 aromatic heterocycles. The van der Waals surface area contributed by atoms with Gasteiger partial charge in [0.1, 0.15) is 0 Å². The highest BCUT2D eigenvalue weighted by Crippen LogP contribution is 2.14. The van der Waals surface area contributed by atoms with Crippen molar-refractivity contribution in [3.05, 3.63) is 21.9 Å². The van der Waals surface area contributed by atoms with Gasteiger partial charge < -0.3 is 15.5 Å². The lowest BCUT2D eigenvalue weighted by Gasteiger charge is -2.04. The van der Waals surface area contributed by atoms with Gasteiger partial charge >= 0.3 is 5.97 Å². The summed E-state index contributed by atoms with van der Waals surface area (Å²) in [6.07, 6.45) is 0.410. The molecule has 0 spiro atoms. The van der Waals surface area contributed by atoms with Crippen molar-refractivity contribution >= 4 is 17.3 Å². The third-order valence-corrected chi connectivity index (χ3v) is 2.88. The van der Waals surface area contributed by atoms with Gasteiger partial charge in [-0.15, -0.1) is 11.3 Å². The van der Waals surface area contributed by atoms with E-state index < -0.39 is 5.97 Å². The van der Waals surface area contributed by atoms with Crippen LogP contribution in [0.4, 0.5) is 0 Å². The second-order valence-electron chi connectivity index (χ2n) is 3.42. The number of rotatable bonds is 6. The smallest absolute Gasteiger partial charge is 0.336 e. The third-order valence-electron chi connectivity index (χ3n) is 1.94. The van der Waals surface area contributed by atoms with E-state index in [4.69, 9.17) is 10.2 Å². The van der Waals surface area contributed by atoms with Crippen molar-refractivity contribution in [3.8, 4) is 0 Å². The highest BCUT2D eigenvalue weighted by atomic mass is 32.1. The Hall–Kier alpha value is -0.910. The molecule has 0 saturated heterocycles. The lowest BCUT2D eigenvalue weighted by molar-refractivity contribution is 0.0697. The second kappa shape index (κ2) is 5.85. The first-order chi connectivity index (χ1) is 7.09. The molecule has 0 radical (unpaired) electrons. The number of carboxylic acid groups (broad SMARTS) is 1. The number of aliphatic hydroxyl groups excluding tert-OH is 1. The summed E-state index contributed by atoms with van der Waals surface area (Å²) in [6.45, 7) is 3.14. The van der Waals surface area contributed by atoms with Crippen molar-refractivity contribution in [2.24, 2.45) is 0 Å². The average molecular weight is 229 g/mol. The molecular weight excluding hydrogens is 214 g/mol. The summed E-state index contributed by atoms with van der Waals surface area (Å²) in [7, 11) is 0. The maximum Gasteiger partial charge on any atom is 0.336 e. The predicted molar refractivity (Wildman–Crippen MR) is 59.3 cm³/mol. The molecule has 0 amide bonds. The molecule has 0 aliphatic rings. The number of carboxylic acids is 1. The molecule has 0 fully saturated rings. The highest BCUT2D eigenvalue weighted by molar-refractivity contribution is 7.10. The van der Waals surface area contributed by atoms with E-state index in [1.807, 2.05) is 0 Å². The molecule has 1 aromatic rings. The topological polar surface area (TPSA) is 69.6 Å². The first-order valence-corrected chi connectivity index (χ1v) is 5.67. The number of nitrogens with one attached hydrogen (secondary N) is 1. The number of aliphatic hydroxyl groups is 1. The minimum absolute atomic E-state index is 0.296. The van der Waals surface area contributed by atoms with Crippen LogP contribution in [0.1, 0.15) is 28.6 Å². The lowest BCUT2D eigenvalue weighted by Crippen LogP contribution is -2.18. The Morgan fingerprint density at radius 1 is 1.67 bits per heavy atom. The summed E-state index contributed by atoms with van der Waals surface area (Å²) >= 11 is 1.43. The number of aromatic carboxylic acids is 1. The van der Waals surface area contributed by atoms with E-state index in [9.17, 15) is 4.79 Å². The maximum atomic E-state index is 10.6. The molecule has 0 aliphatic carbocycles. The van der Waals surface area contributed by atoms with Crippen LogP contribution in [0.15, 0.2) is 11.4 Å². The van der Waals surface area contributed by atoms with E-state index >= 15 is 0 Å². The van der Waals surface area contributed by atoms with E-state index in [0.717, 1.165) is 11.4 Å². The van der Waals surface area contributed by atoms with E-state index in [1.54, 1.807) is 18.4 Å². The average Bonchev–Trinajstić information content (AvgIpc) is 2.60. The van der Waals surface area contributed by atoms with Crippen molar-refractivity contribution in [2.75, 3.05) is 6.54 Å². The zero-order valence-electron chi connectivity index (χ0n) is 8.56. The number of hydrogen-bond acceptors (Lipinski definition) is 4. The van der Waals surface area contributed by atoms with Crippen molar-refractivity contribution < 1.29 is 15.0 Å². The molecule has 1 unspecified atom stereocenters. The first-order valence-electron chi connectivity index (χ1n) is 4.79. The van der Waals surface area contributed by atoms with Gasteiger partial charge in [-0.2, -0.15) is 0 Å². The Bertz CT molecular complexity index is 322. The monoisotopic (exact) mass is 229 g/mol. The van der Waals surface area contributed by atoms with Crippen LogP contribution in [0.5, 0.6) is 0 Å². The Labute approximate surface area is 92.6 Å².